The summed E-state index contributed by atoms with van der Waals surface area (Å²) in [6.45, 7) is 2.66. The quantitative estimate of drug-likeness (QED) is 0.814. The van der Waals surface area contributed by atoms with E-state index in [2.05, 4.69) is 10.6 Å². The van der Waals surface area contributed by atoms with Crippen LogP contribution in [0.15, 0.2) is 24.3 Å². The Balaban J connectivity index is 0.00000261. The number of nitrogens with zero attached hydrogens (tertiary/aromatic N) is 1. The molecule has 2 N–H and O–H groups in total. The summed E-state index contributed by atoms with van der Waals surface area (Å²) in [6.07, 6.45) is 2.59. The van der Waals surface area contributed by atoms with Crippen LogP contribution < -0.4 is 10.6 Å². The summed E-state index contributed by atoms with van der Waals surface area (Å²) in [5, 5.41) is 6.08. The second-order valence-electron chi connectivity index (χ2n) is 7.01. The molecule has 1 aromatic rings. The molecule has 0 radical (unpaired) electrons. The first-order chi connectivity index (χ1) is 12.5. The van der Waals surface area contributed by atoms with Crippen LogP contribution in [0.2, 0.25) is 0 Å². The lowest BCUT2D eigenvalue weighted by Crippen LogP contribution is -2.57. The van der Waals surface area contributed by atoms with Crippen LogP contribution in [-0.4, -0.2) is 55.6 Å². The predicted octanol–water partition coefficient (Wildman–Crippen LogP) is 2.19. The summed E-state index contributed by atoms with van der Waals surface area (Å²) in [6, 6.07) is 5.73. The molecule has 0 saturated carbocycles. The topological polar surface area (TPSA) is 70.7 Å². The molecule has 2 heterocycles. The molecular weight excluding hydrogens is 373 g/mol. The van der Waals surface area contributed by atoms with Crippen LogP contribution in [0.3, 0.4) is 0 Å². The van der Waals surface area contributed by atoms with E-state index in [9.17, 15) is 14.0 Å². The zero-order valence-electron chi connectivity index (χ0n) is 15.5. The van der Waals surface area contributed by atoms with Crippen molar-refractivity contribution >= 4 is 29.9 Å². The summed E-state index contributed by atoms with van der Waals surface area (Å²) in [5.41, 5.74) is -0.142. The molecule has 2 amide bonds. The molecule has 0 aromatic heterocycles. The minimum atomic E-state index is -0.728. The Labute approximate surface area is 165 Å². The Hall–Kier alpha value is -1.70. The monoisotopic (exact) mass is 399 g/mol. The Morgan fingerprint density at radius 1 is 1.19 bits per heavy atom. The molecule has 0 bridgehead atoms. The minimum Gasteiger partial charge on any atom is -0.368 e. The Morgan fingerprint density at radius 3 is 2.33 bits per heavy atom. The van der Waals surface area contributed by atoms with Crippen LogP contribution in [0.5, 0.6) is 0 Å². The van der Waals surface area contributed by atoms with E-state index in [1.54, 1.807) is 19.2 Å². The van der Waals surface area contributed by atoms with Crippen molar-refractivity contribution in [3.8, 4) is 0 Å². The maximum absolute atomic E-state index is 12.9. The fourth-order valence-corrected chi connectivity index (χ4v) is 3.75. The number of halogens is 2. The van der Waals surface area contributed by atoms with Gasteiger partial charge in [-0.15, -0.1) is 12.4 Å². The lowest BCUT2D eigenvalue weighted by atomic mass is 9.88. The number of amides is 2. The normalized spacial score (nSPS) is 19.9. The number of piperidine rings is 2. The SMILES string of the molecule is COC1(C(=O)N2CCC(C(=O)Nc3ccc(F)cc3)CC2)CCNCC1.Cl. The maximum atomic E-state index is 12.9. The molecule has 27 heavy (non-hydrogen) atoms. The highest BCUT2D eigenvalue weighted by Crippen LogP contribution is 2.28. The first kappa shape index (κ1) is 21.6. The first-order valence-corrected chi connectivity index (χ1v) is 9.16. The van der Waals surface area contributed by atoms with Gasteiger partial charge in [0.25, 0.3) is 5.91 Å². The average Bonchev–Trinajstić information content (AvgIpc) is 2.69. The molecule has 8 heteroatoms. The van der Waals surface area contributed by atoms with Crippen molar-refractivity contribution in [2.75, 3.05) is 38.6 Å². The van der Waals surface area contributed by atoms with E-state index in [4.69, 9.17) is 4.74 Å². The summed E-state index contributed by atoms with van der Waals surface area (Å²) in [5.74, 6) is -0.513. The molecule has 6 nitrogen and oxygen atoms in total. The number of likely N-dealkylation sites (tertiary alicyclic amines) is 1. The van der Waals surface area contributed by atoms with Crippen molar-refractivity contribution in [1.29, 1.82) is 0 Å². The third kappa shape index (κ3) is 4.97. The smallest absolute Gasteiger partial charge is 0.254 e. The molecule has 0 atom stereocenters. The molecular formula is C19H27ClFN3O3. The van der Waals surface area contributed by atoms with Crippen LogP contribution in [0.4, 0.5) is 10.1 Å². The molecule has 1 aromatic carbocycles. The number of rotatable bonds is 4. The molecule has 0 spiro atoms. The second-order valence-corrected chi connectivity index (χ2v) is 7.01. The van der Waals surface area contributed by atoms with Gasteiger partial charge in [-0.3, -0.25) is 9.59 Å². The predicted molar refractivity (Wildman–Crippen MR) is 103 cm³/mol. The molecule has 0 aliphatic carbocycles. The van der Waals surface area contributed by atoms with Gasteiger partial charge < -0.3 is 20.3 Å². The van der Waals surface area contributed by atoms with E-state index < -0.39 is 5.60 Å². The number of carbonyl (C=O) groups is 2. The lowest BCUT2D eigenvalue weighted by molar-refractivity contribution is -0.160. The molecule has 0 unspecified atom stereocenters. The van der Waals surface area contributed by atoms with E-state index in [1.165, 1.54) is 12.1 Å². The Bertz CT molecular complexity index is 642. The number of methoxy groups -OCH3 is 1. The van der Waals surface area contributed by atoms with Gasteiger partial charge in [0.1, 0.15) is 11.4 Å². The largest absolute Gasteiger partial charge is 0.368 e. The number of nitrogens with one attached hydrogen (secondary N) is 2. The highest BCUT2D eigenvalue weighted by Gasteiger charge is 2.43. The van der Waals surface area contributed by atoms with E-state index in [0.717, 1.165) is 13.1 Å². The third-order valence-electron chi connectivity index (χ3n) is 5.46. The van der Waals surface area contributed by atoms with Gasteiger partial charge in [0.05, 0.1) is 0 Å². The number of hydrogen-bond donors (Lipinski definition) is 2. The van der Waals surface area contributed by atoms with Gasteiger partial charge in [-0.2, -0.15) is 0 Å². The van der Waals surface area contributed by atoms with Crippen LogP contribution in [0.1, 0.15) is 25.7 Å². The molecule has 2 aliphatic heterocycles. The van der Waals surface area contributed by atoms with Gasteiger partial charge in [0.2, 0.25) is 5.91 Å². The van der Waals surface area contributed by atoms with Crippen molar-refractivity contribution in [3.05, 3.63) is 30.1 Å². The van der Waals surface area contributed by atoms with Crippen LogP contribution >= 0.6 is 12.4 Å². The van der Waals surface area contributed by atoms with E-state index >= 15 is 0 Å². The van der Waals surface area contributed by atoms with Gasteiger partial charge in [0.15, 0.2) is 0 Å². The Morgan fingerprint density at radius 2 is 1.78 bits per heavy atom. The van der Waals surface area contributed by atoms with Gasteiger partial charge in [-0.25, -0.2) is 4.39 Å². The van der Waals surface area contributed by atoms with Crippen molar-refractivity contribution in [1.82, 2.24) is 10.2 Å². The number of hydrogen-bond acceptors (Lipinski definition) is 4. The van der Waals surface area contributed by atoms with Crippen LogP contribution in [-0.2, 0) is 14.3 Å². The average molecular weight is 400 g/mol. The second kappa shape index (κ2) is 9.48. The van der Waals surface area contributed by atoms with Gasteiger partial charge in [-0.1, -0.05) is 0 Å². The van der Waals surface area contributed by atoms with Crippen LogP contribution in [0, 0.1) is 11.7 Å². The molecule has 3 rings (SSSR count). The minimum absolute atomic E-state index is 0. The molecule has 150 valence electrons. The molecule has 2 saturated heterocycles. The fourth-order valence-electron chi connectivity index (χ4n) is 3.75. The Kier molecular flexibility index (Phi) is 7.59. The number of carbonyl (C=O) groups excluding carboxylic acids is 2. The highest BCUT2D eigenvalue weighted by atomic mass is 35.5. The summed E-state index contributed by atoms with van der Waals surface area (Å²) >= 11 is 0. The van der Waals surface area contributed by atoms with Crippen molar-refractivity contribution in [2.45, 2.75) is 31.3 Å². The standard InChI is InChI=1S/C19H26FN3O3.ClH/c1-26-19(8-10-21-11-9-19)18(25)23-12-6-14(7-13-23)17(24)22-16-4-2-15(20)3-5-16;/h2-5,14,21H,6-13H2,1H3,(H,22,24);1H. The summed E-state index contributed by atoms with van der Waals surface area (Å²) in [4.78, 5) is 27.2. The highest BCUT2D eigenvalue weighted by molar-refractivity contribution is 5.93. The zero-order valence-corrected chi connectivity index (χ0v) is 16.3. The zero-order chi connectivity index (χ0) is 18.6. The van der Waals surface area contributed by atoms with Crippen molar-refractivity contribution in [3.63, 3.8) is 0 Å². The summed E-state index contributed by atoms with van der Waals surface area (Å²) < 4.78 is 18.6. The lowest BCUT2D eigenvalue weighted by Gasteiger charge is -2.41. The molecule has 2 fully saturated rings. The summed E-state index contributed by atoms with van der Waals surface area (Å²) in [7, 11) is 1.60. The van der Waals surface area contributed by atoms with Gasteiger partial charge in [0, 0.05) is 31.8 Å². The van der Waals surface area contributed by atoms with Crippen molar-refractivity contribution < 1.29 is 18.7 Å². The van der Waals surface area contributed by atoms with Gasteiger partial charge in [-0.05, 0) is 63.0 Å². The molecule has 2 aliphatic rings. The third-order valence-corrected chi connectivity index (χ3v) is 5.46. The fraction of sp³-hybridized carbons (Fsp3) is 0.579. The number of benzene rings is 1. The van der Waals surface area contributed by atoms with E-state index in [0.29, 0.717) is 44.5 Å². The van der Waals surface area contributed by atoms with Crippen LogP contribution in [0.25, 0.3) is 0 Å². The van der Waals surface area contributed by atoms with E-state index in [-0.39, 0.29) is 36.0 Å². The van der Waals surface area contributed by atoms with E-state index in [1.807, 2.05) is 4.90 Å². The number of anilines is 1. The van der Waals surface area contributed by atoms with Crippen molar-refractivity contribution in [2.24, 2.45) is 5.92 Å². The number of ether oxygens (including phenoxy) is 1. The van der Waals surface area contributed by atoms with Gasteiger partial charge >= 0.3 is 0 Å². The first-order valence-electron chi connectivity index (χ1n) is 9.16. The maximum Gasteiger partial charge on any atom is 0.254 e.